The molecule has 1 aliphatic heterocycles. The number of aryl methyl sites for hydroxylation is 1. The molecule has 0 radical (unpaired) electrons. The second-order valence-electron chi connectivity index (χ2n) is 5.32. The van der Waals surface area contributed by atoms with Gasteiger partial charge < -0.3 is 15.4 Å². The number of pyridine rings is 1. The van der Waals surface area contributed by atoms with E-state index in [1.54, 1.807) is 12.3 Å². The Morgan fingerprint density at radius 1 is 1.53 bits per heavy atom. The zero-order valence-electron chi connectivity index (χ0n) is 11.1. The van der Waals surface area contributed by atoms with Crippen LogP contribution in [-0.4, -0.2) is 41.1 Å². The lowest BCUT2D eigenvalue weighted by molar-refractivity contribution is -0.0445. The molecule has 5 nitrogen and oxygen atoms in total. The van der Waals surface area contributed by atoms with Crippen LogP contribution in [0.5, 0.6) is 0 Å². The van der Waals surface area contributed by atoms with Gasteiger partial charge in [-0.1, -0.05) is 0 Å². The van der Waals surface area contributed by atoms with Crippen LogP contribution in [-0.2, 0) is 4.74 Å². The van der Waals surface area contributed by atoms with Crippen LogP contribution >= 0.6 is 0 Å². The van der Waals surface area contributed by atoms with E-state index in [-0.39, 0.29) is 18.1 Å². The molecule has 102 valence electrons. The summed E-state index contributed by atoms with van der Waals surface area (Å²) in [5, 5.41) is 0. The molecule has 2 atom stereocenters. The fourth-order valence-electron chi connectivity index (χ4n) is 3.09. The minimum Gasteiger partial charge on any atom is -0.398 e. The molecular weight excluding hydrogens is 242 g/mol. The molecule has 1 aromatic rings. The van der Waals surface area contributed by atoms with Gasteiger partial charge in [0.25, 0.3) is 5.91 Å². The Bertz CT molecular complexity index is 503. The number of carbonyl (C=O) groups excluding carboxylic acids is 1. The highest BCUT2D eigenvalue weighted by atomic mass is 16.5. The minimum absolute atomic E-state index is 0.00907. The lowest BCUT2D eigenvalue weighted by Gasteiger charge is -2.37. The zero-order valence-corrected chi connectivity index (χ0v) is 11.1. The first kappa shape index (κ1) is 12.4. The predicted octanol–water partition coefficient (Wildman–Crippen LogP) is 1.37. The number of nitrogen functional groups attached to an aromatic ring is 1. The first-order valence-electron chi connectivity index (χ1n) is 6.81. The zero-order chi connectivity index (χ0) is 13.4. The molecule has 0 spiro atoms. The van der Waals surface area contributed by atoms with Crippen molar-refractivity contribution in [2.24, 2.45) is 0 Å². The summed E-state index contributed by atoms with van der Waals surface area (Å²) < 4.78 is 5.73. The van der Waals surface area contributed by atoms with Gasteiger partial charge in [-0.25, -0.2) is 0 Å². The Morgan fingerprint density at radius 3 is 3.16 bits per heavy atom. The summed E-state index contributed by atoms with van der Waals surface area (Å²) >= 11 is 0. The summed E-state index contributed by atoms with van der Waals surface area (Å²) in [5.74, 6) is -0.00907. The maximum atomic E-state index is 12.6. The van der Waals surface area contributed by atoms with E-state index in [4.69, 9.17) is 10.5 Å². The smallest absolute Gasteiger partial charge is 0.257 e. The second kappa shape index (κ2) is 4.81. The van der Waals surface area contributed by atoms with Crippen LogP contribution in [0.3, 0.4) is 0 Å². The fraction of sp³-hybridized carbons (Fsp3) is 0.571. The van der Waals surface area contributed by atoms with Crippen LogP contribution in [0.2, 0.25) is 0 Å². The highest BCUT2D eigenvalue weighted by Gasteiger charge is 2.39. The number of morpholine rings is 1. The molecule has 1 saturated heterocycles. The molecule has 2 fully saturated rings. The molecule has 3 rings (SSSR count). The number of rotatable bonds is 1. The summed E-state index contributed by atoms with van der Waals surface area (Å²) in [5.41, 5.74) is 7.80. The molecule has 2 unspecified atom stereocenters. The first-order valence-corrected chi connectivity index (χ1v) is 6.81. The highest BCUT2D eigenvalue weighted by Crippen LogP contribution is 2.31. The van der Waals surface area contributed by atoms with E-state index >= 15 is 0 Å². The maximum Gasteiger partial charge on any atom is 0.257 e. The van der Waals surface area contributed by atoms with E-state index in [9.17, 15) is 4.79 Å². The van der Waals surface area contributed by atoms with E-state index in [0.717, 1.165) is 25.0 Å². The average Bonchev–Trinajstić information content (AvgIpc) is 2.86. The van der Waals surface area contributed by atoms with Gasteiger partial charge in [-0.2, -0.15) is 0 Å². The van der Waals surface area contributed by atoms with Crippen molar-refractivity contribution in [2.75, 3.05) is 18.9 Å². The normalized spacial score (nSPS) is 26.3. The third-order valence-electron chi connectivity index (χ3n) is 4.05. The van der Waals surface area contributed by atoms with E-state index in [2.05, 4.69) is 4.98 Å². The minimum atomic E-state index is -0.00907. The Kier molecular flexibility index (Phi) is 3.14. The van der Waals surface area contributed by atoms with Gasteiger partial charge in [-0.15, -0.1) is 0 Å². The molecule has 1 amide bonds. The Balaban J connectivity index is 1.86. The molecule has 2 N–H and O–H groups in total. The SMILES string of the molecule is Cc1cc(N)c(C(=O)N2CCOC3CCCC32)cn1. The number of anilines is 1. The summed E-state index contributed by atoms with van der Waals surface area (Å²) in [6.45, 7) is 3.13. The van der Waals surface area contributed by atoms with Crippen molar-refractivity contribution in [1.82, 2.24) is 9.88 Å². The van der Waals surface area contributed by atoms with Crippen LogP contribution in [0.1, 0.15) is 35.3 Å². The second-order valence-corrected chi connectivity index (χ2v) is 5.32. The summed E-state index contributed by atoms with van der Waals surface area (Å²) in [7, 11) is 0. The third-order valence-corrected chi connectivity index (χ3v) is 4.05. The Morgan fingerprint density at radius 2 is 2.37 bits per heavy atom. The molecule has 0 bridgehead atoms. The molecule has 1 aromatic heterocycles. The Hall–Kier alpha value is -1.62. The number of ether oxygens (including phenoxy) is 1. The lowest BCUT2D eigenvalue weighted by atomic mass is 10.1. The quantitative estimate of drug-likeness (QED) is 0.829. The molecule has 0 aromatic carbocycles. The van der Waals surface area contributed by atoms with Gasteiger partial charge in [-0.05, 0) is 32.3 Å². The van der Waals surface area contributed by atoms with E-state index in [1.165, 1.54) is 0 Å². The van der Waals surface area contributed by atoms with Crippen molar-refractivity contribution in [3.63, 3.8) is 0 Å². The van der Waals surface area contributed by atoms with E-state index in [0.29, 0.717) is 24.4 Å². The predicted molar refractivity (Wildman–Crippen MR) is 71.8 cm³/mol. The van der Waals surface area contributed by atoms with Gasteiger partial charge in [0.05, 0.1) is 24.3 Å². The van der Waals surface area contributed by atoms with Crippen molar-refractivity contribution < 1.29 is 9.53 Å². The van der Waals surface area contributed by atoms with Gasteiger partial charge in [0.2, 0.25) is 0 Å². The van der Waals surface area contributed by atoms with Gasteiger partial charge in [0.15, 0.2) is 0 Å². The number of hydrogen-bond donors (Lipinski definition) is 1. The Labute approximate surface area is 112 Å². The van der Waals surface area contributed by atoms with Gasteiger partial charge >= 0.3 is 0 Å². The topological polar surface area (TPSA) is 68.5 Å². The first-order chi connectivity index (χ1) is 9.16. The summed E-state index contributed by atoms with van der Waals surface area (Å²) in [4.78, 5) is 18.7. The van der Waals surface area contributed by atoms with Gasteiger partial charge in [-0.3, -0.25) is 9.78 Å². The molecule has 2 heterocycles. The molecule has 19 heavy (non-hydrogen) atoms. The number of nitrogens with zero attached hydrogens (tertiary/aromatic N) is 2. The van der Waals surface area contributed by atoms with E-state index in [1.807, 2.05) is 11.8 Å². The van der Waals surface area contributed by atoms with Crippen LogP contribution in [0, 0.1) is 6.92 Å². The molecule has 2 aliphatic rings. The van der Waals surface area contributed by atoms with Crippen LogP contribution in [0.4, 0.5) is 5.69 Å². The van der Waals surface area contributed by atoms with Crippen molar-refractivity contribution in [2.45, 2.75) is 38.3 Å². The largest absolute Gasteiger partial charge is 0.398 e. The lowest BCUT2D eigenvalue weighted by Crippen LogP contribution is -2.51. The number of fused-ring (bicyclic) bond motifs is 1. The van der Waals surface area contributed by atoms with Crippen LogP contribution in [0.15, 0.2) is 12.3 Å². The standard InChI is InChI=1S/C14H19N3O2/c1-9-7-11(15)10(8-16-9)14(18)17-5-6-19-13-4-2-3-12(13)17/h7-8,12-13H,2-6H2,1H3,(H2,15,16). The van der Waals surface area contributed by atoms with Crippen LogP contribution < -0.4 is 5.73 Å². The number of carbonyl (C=O) groups is 1. The van der Waals surface area contributed by atoms with Crippen molar-refractivity contribution in [1.29, 1.82) is 0 Å². The summed E-state index contributed by atoms with van der Waals surface area (Å²) in [6.07, 6.45) is 5.00. The number of amides is 1. The summed E-state index contributed by atoms with van der Waals surface area (Å²) in [6, 6.07) is 1.96. The number of nitrogens with two attached hydrogens (primary N) is 1. The molecule has 5 heteroatoms. The van der Waals surface area contributed by atoms with Crippen LogP contribution in [0.25, 0.3) is 0 Å². The number of aromatic nitrogens is 1. The third kappa shape index (κ3) is 2.18. The molecule has 1 saturated carbocycles. The number of hydrogen-bond acceptors (Lipinski definition) is 4. The van der Waals surface area contributed by atoms with Gasteiger partial charge in [0.1, 0.15) is 0 Å². The van der Waals surface area contributed by atoms with Crippen molar-refractivity contribution in [3.05, 3.63) is 23.5 Å². The highest BCUT2D eigenvalue weighted by molar-refractivity contribution is 5.99. The maximum absolute atomic E-state index is 12.6. The average molecular weight is 261 g/mol. The van der Waals surface area contributed by atoms with E-state index < -0.39 is 0 Å². The fourth-order valence-corrected chi connectivity index (χ4v) is 3.09. The van der Waals surface area contributed by atoms with Gasteiger partial charge in [0, 0.05) is 24.1 Å². The van der Waals surface area contributed by atoms with Crippen molar-refractivity contribution in [3.8, 4) is 0 Å². The molecular formula is C14H19N3O2. The van der Waals surface area contributed by atoms with Crippen molar-refractivity contribution >= 4 is 11.6 Å². The molecule has 1 aliphatic carbocycles. The monoisotopic (exact) mass is 261 g/mol.